The number of carbonyl (C=O) groups excluding carboxylic acids is 1. The van der Waals surface area contributed by atoms with Crippen LogP contribution in [0, 0.1) is 0 Å². The molecule has 0 aliphatic heterocycles. The van der Waals surface area contributed by atoms with Crippen molar-refractivity contribution in [3.8, 4) is 22.9 Å². The van der Waals surface area contributed by atoms with E-state index in [1.54, 1.807) is 7.11 Å². The van der Waals surface area contributed by atoms with Crippen LogP contribution in [0.25, 0.3) is 11.4 Å². The third kappa shape index (κ3) is 5.51. The van der Waals surface area contributed by atoms with Crippen molar-refractivity contribution >= 4 is 5.91 Å². The second-order valence-corrected chi connectivity index (χ2v) is 7.17. The minimum Gasteiger partial charge on any atom is -0.497 e. The van der Waals surface area contributed by atoms with E-state index in [1.165, 1.54) is 5.56 Å². The van der Waals surface area contributed by atoms with Crippen LogP contribution in [0.5, 0.6) is 11.5 Å². The van der Waals surface area contributed by atoms with E-state index in [-0.39, 0.29) is 19.1 Å². The lowest BCUT2D eigenvalue weighted by Crippen LogP contribution is -2.29. The van der Waals surface area contributed by atoms with Gasteiger partial charge in [0.15, 0.2) is 12.4 Å². The Balaban J connectivity index is 1.29. The zero-order valence-corrected chi connectivity index (χ0v) is 17.7. The molecule has 7 nitrogen and oxygen atoms in total. The van der Waals surface area contributed by atoms with Gasteiger partial charge in [-0.05, 0) is 41.5 Å². The van der Waals surface area contributed by atoms with Gasteiger partial charge in [-0.1, -0.05) is 48.5 Å². The number of benzene rings is 3. The van der Waals surface area contributed by atoms with E-state index in [1.807, 2.05) is 66.7 Å². The summed E-state index contributed by atoms with van der Waals surface area (Å²) in [6.07, 6.45) is 0.741. The van der Waals surface area contributed by atoms with Crippen LogP contribution in [0.3, 0.4) is 0 Å². The number of amides is 1. The summed E-state index contributed by atoms with van der Waals surface area (Å²) >= 11 is 0. The smallest absolute Gasteiger partial charge is 0.258 e. The number of carbonyl (C=O) groups is 1. The molecule has 0 fully saturated rings. The van der Waals surface area contributed by atoms with Crippen LogP contribution < -0.4 is 14.8 Å². The predicted octanol–water partition coefficient (Wildman–Crippen LogP) is 3.77. The molecule has 4 rings (SSSR count). The third-order valence-corrected chi connectivity index (χ3v) is 4.90. The molecule has 32 heavy (non-hydrogen) atoms. The van der Waals surface area contributed by atoms with E-state index >= 15 is 0 Å². The highest BCUT2D eigenvalue weighted by Gasteiger charge is 2.10. The molecule has 0 radical (unpaired) electrons. The molecule has 7 heteroatoms. The van der Waals surface area contributed by atoms with Gasteiger partial charge in [0.05, 0.1) is 13.7 Å². The molecule has 1 aromatic heterocycles. The number of ether oxygens (including phenoxy) is 2. The molecule has 1 amide bonds. The quantitative estimate of drug-likeness (QED) is 0.424. The Morgan fingerprint density at radius 2 is 1.72 bits per heavy atom. The minimum atomic E-state index is -0.234. The van der Waals surface area contributed by atoms with Crippen molar-refractivity contribution in [3.63, 3.8) is 0 Å². The second-order valence-electron chi connectivity index (χ2n) is 7.17. The van der Waals surface area contributed by atoms with Crippen LogP contribution in [0.4, 0.5) is 0 Å². The fraction of sp³-hybridized carbons (Fsp3) is 0.160. The van der Waals surface area contributed by atoms with Gasteiger partial charge in [0.2, 0.25) is 0 Å². The monoisotopic (exact) mass is 428 g/mol. The van der Waals surface area contributed by atoms with Crippen molar-refractivity contribution < 1.29 is 14.3 Å². The van der Waals surface area contributed by atoms with Crippen molar-refractivity contribution in [2.75, 3.05) is 13.7 Å². The molecule has 0 saturated carbocycles. The van der Waals surface area contributed by atoms with Crippen LogP contribution in [0.1, 0.15) is 17.0 Å². The van der Waals surface area contributed by atoms with Gasteiger partial charge in [-0.2, -0.15) is 5.10 Å². The number of rotatable bonds is 9. The molecule has 0 saturated heterocycles. The van der Waals surface area contributed by atoms with Gasteiger partial charge >= 0.3 is 0 Å². The van der Waals surface area contributed by atoms with Gasteiger partial charge in [-0.25, -0.2) is 4.98 Å². The zero-order chi connectivity index (χ0) is 22.2. The number of hydrogen-bond acceptors (Lipinski definition) is 5. The minimum absolute atomic E-state index is 0.0781. The lowest BCUT2D eigenvalue weighted by Gasteiger charge is -2.11. The molecule has 3 aromatic carbocycles. The van der Waals surface area contributed by atoms with E-state index < -0.39 is 0 Å². The summed E-state index contributed by atoms with van der Waals surface area (Å²) in [6.45, 7) is 0.155. The van der Waals surface area contributed by atoms with Crippen molar-refractivity contribution in [3.05, 3.63) is 95.8 Å². The van der Waals surface area contributed by atoms with Crippen LogP contribution in [0.2, 0.25) is 0 Å². The summed E-state index contributed by atoms with van der Waals surface area (Å²) in [4.78, 5) is 16.7. The summed E-state index contributed by atoms with van der Waals surface area (Å²) in [5.74, 6) is 2.36. The summed E-state index contributed by atoms with van der Waals surface area (Å²) in [5, 5.41) is 9.86. The predicted molar refractivity (Wildman–Crippen MR) is 121 cm³/mol. The van der Waals surface area contributed by atoms with Crippen molar-refractivity contribution in [1.82, 2.24) is 20.5 Å². The third-order valence-electron chi connectivity index (χ3n) is 4.90. The maximum atomic E-state index is 12.3. The van der Waals surface area contributed by atoms with Crippen molar-refractivity contribution in [2.45, 2.75) is 13.0 Å². The molecule has 4 aromatic rings. The molecule has 0 aliphatic carbocycles. The first-order valence-corrected chi connectivity index (χ1v) is 10.3. The van der Waals surface area contributed by atoms with Crippen LogP contribution in [-0.4, -0.2) is 34.8 Å². The average molecular weight is 428 g/mol. The van der Waals surface area contributed by atoms with Gasteiger partial charge in [-0.15, -0.1) is 0 Å². The highest BCUT2D eigenvalue weighted by Crippen LogP contribution is 2.21. The van der Waals surface area contributed by atoms with Crippen molar-refractivity contribution in [2.24, 2.45) is 0 Å². The lowest BCUT2D eigenvalue weighted by atomic mass is 10.0. The van der Waals surface area contributed by atoms with E-state index in [9.17, 15) is 4.79 Å². The van der Waals surface area contributed by atoms with Crippen LogP contribution in [0.15, 0.2) is 78.9 Å². The normalized spacial score (nSPS) is 10.5. The Labute approximate surface area is 186 Å². The Kier molecular flexibility index (Phi) is 6.77. The van der Waals surface area contributed by atoms with Gasteiger partial charge < -0.3 is 14.8 Å². The van der Waals surface area contributed by atoms with Gasteiger partial charge in [0.1, 0.15) is 17.3 Å². The molecular formula is C25H24N4O3. The van der Waals surface area contributed by atoms with Crippen LogP contribution >= 0.6 is 0 Å². The molecule has 0 aliphatic rings. The first-order valence-electron chi connectivity index (χ1n) is 10.3. The van der Waals surface area contributed by atoms with Gasteiger partial charge in [0.25, 0.3) is 5.91 Å². The zero-order valence-electron chi connectivity index (χ0n) is 17.7. The highest BCUT2D eigenvalue weighted by molar-refractivity contribution is 5.77. The highest BCUT2D eigenvalue weighted by atomic mass is 16.5. The summed E-state index contributed by atoms with van der Waals surface area (Å²) < 4.78 is 10.9. The van der Waals surface area contributed by atoms with Crippen molar-refractivity contribution in [1.29, 1.82) is 0 Å². The maximum absolute atomic E-state index is 12.3. The second kappa shape index (κ2) is 10.3. The fourth-order valence-corrected chi connectivity index (χ4v) is 3.23. The molecular weight excluding hydrogens is 404 g/mol. The van der Waals surface area contributed by atoms with E-state index in [0.29, 0.717) is 17.4 Å². The molecule has 0 spiro atoms. The van der Waals surface area contributed by atoms with E-state index in [4.69, 9.17) is 9.47 Å². The first kappa shape index (κ1) is 21.1. The fourth-order valence-electron chi connectivity index (χ4n) is 3.23. The first-order chi connectivity index (χ1) is 15.7. The number of aromatic amines is 1. The standard InChI is InChI=1S/C25H24N4O3/c1-31-21-13-11-19(12-14-21)25-27-23(28-29-25)16-26-24(30)17-32-22-10-6-5-9-20(22)15-18-7-3-2-4-8-18/h2-14H,15-17H2,1H3,(H,26,30)(H,27,28,29). The number of hydrogen-bond donors (Lipinski definition) is 2. The summed E-state index contributed by atoms with van der Waals surface area (Å²) in [6, 6.07) is 25.4. The molecule has 2 N–H and O–H groups in total. The maximum Gasteiger partial charge on any atom is 0.258 e. The Hall–Kier alpha value is -4.13. The topological polar surface area (TPSA) is 89.1 Å². The van der Waals surface area contributed by atoms with Crippen LogP contribution in [-0.2, 0) is 17.8 Å². The number of para-hydroxylation sites is 1. The molecule has 162 valence electrons. The molecule has 0 unspecified atom stereocenters. The van der Waals surface area contributed by atoms with Gasteiger partial charge in [-0.3, -0.25) is 9.89 Å². The number of H-pyrrole nitrogens is 1. The number of methoxy groups -OCH3 is 1. The Morgan fingerprint density at radius 3 is 2.50 bits per heavy atom. The largest absolute Gasteiger partial charge is 0.497 e. The van der Waals surface area contributed by atoms with Gasteiger partial charge in [0, 0.05) is 12.0 Å². The molecule has 0 bridgehead atoms. The Morgan fingerprint density at radius 1 is 0.969 bits per heavy atom. The number of nitrogens with zero attached hydrogens (tertiary/aromatic N) is 2. The SMILES string of the molecule is COc1ccc(-c2n[nH]c(CNC(=O)COc3ccccc3Cc3ccccc3)n2)cc1. The number of aromatic nitrogens is 3. The summed E-state index contributed by atoms with van der Waals surface area (Å²) in [7, 11) is 1.62. The molecule has 1 heterocycles. The summed E-state index contributed by atoms with van der Waals surface area (Å²) in [5.41, 5.74) is 3.08. The van der Waals surface area contributed by atoms with E-state index in [0.717, 1.165) is 23.3 Å². The number of nitrogens with one attached hydrogen (secondary N) is 2. The molecule has 0 atom stereocenters. The average Bonchev–Trinajstić information content (AvgIpc) is 3.32. The lowest BCUT2D eigenvalue weighted by molar-refractivity contribution is -0.123. The van der Waals surface area contributed by atoms with E-state index in [2.05, 4.69) is 32.6 Å². The Bertz CT molecular complexity index is 1160.